The van der Waals surface area contributed by atoms with Crippen molar-refractivity contribution in [3.05, 3.63) is 0 Å². The van der Waals surface area contributed by atoms with Crippen LogP contribution in [0.1, 0.15) is 0 Å². The van der Waals surface area contributed by atoms with E-state index >= 15 is 0 Å². The number of rotatable bonds is 3. The van der Waals surface area contributed by atoms with E-state index in [9.17, 15) is 0 Å². The van der Waals surface area contributed by atoms with Gasteiger partial charge in [0.2, 0.25) is 0 Å². The van der Waals surface area contributed by atoms with Crippen LogP contribution in [0.2, 0.25) is 0 Å². The van der Waals surface area contributed by atoms with Crippen molar-refractivity contribution in [2.75, 3.05) is 12.4 Å². The number of aliphatic hydroxyl groups is 2. The van der Waals surface area contributed by atoms with Crippen LogP contribution in [0.15, 0.2) is 4.99 Å². The molecule has 1 unspecified atom stereocenters. The van der Waals surface area contributed by atoms with E-state index in [1.165, 1.54) is 0 Å². The number of nitrogens with one attached hydrogen (secondary N) is 1. The average molecular weight is 192 g/mol. The van der Waals surface area contributed by atoms with E-state index in [1.807, 2.05) is 0 Å². The molecule has 0 radical (unpaired) electrons. The van der Waals surface area contributed by atoms with Gasteiger partial charge in [0.1, 0.15) is 0 Å². The van der Waals surface area contributed by atoms with Crippen LogP contribution in [0.4, 0.5) is 0 Å². The summed E-state index contributed by atoms with van der Waals surface area (Å²) in [6.07, 6.45) is -0.843. The molecule has 7 heteroatoms. The lowest BCUT2D eigenvalue weighted by atomic mass is 10.4. The molecule has 7 N–H and O–H groups in total. The highest BCUT2D eigenvalue weighted by Gasteiger charge is 2.03. The number of thioether (sulfide) groups is 1. The van der Waals surface area contributed by atoms with E-state index in [4.69, 9.17) is 27.1 Å². The van der Waals surface area contributed by atoms with E-state index in [0.29, 0.717) is 0 Å². The second-order valence-corrected chi connectivity index (χ2v) is 3.00. The number of aliphatic imine (C=N–C) groups is 1. The average Bonchev–Trinajstić information content (AvgIpc) is 1.99. The molecule has 0 fully saturated rings. The van der Waals surface area contributed by atoms with Gasteiger partial charge < -0.3 is 21.7 Å². The van der Waals surface area contributed by atoms with Crippen molar-refractivity contribution in [2.45, 2.75) is 6.10 Å². The minimum Gasteiger partial charge on any atom is -0.394 e. The van der Waals surface area contributed by atoms with Gasteiger partial charge in [-0.25, -0.2) is 0 Å². The van der Waals surface area contributed by atoms with Crippen LogP contribution in [-0.2, 0) is 0 Å². The normalized spacial score (nSPS) is 12.2. The van der Waals surface area contributed by atoms with Crippen LogP contribution in [0.3, 0.4) is 0 Å². The fraction of sp³-hybridized carbons (Fsp3) is 0.600. The molecule has 70 valence electrons. The maximum absolute atomic E-state index is 8.86. The SMILES string of the molecule is N=C(N=C(N)N)SCC(O)CO. The van der Waals surface area contributed by atoms with Gasteiger partial charge >= 0.3 is 0 Å². The van der Waals surface area contributed by atoms with Gasteiger partial charge in [-0.2, -0.15) is 4.99 Å². The van der Waals surface area contributed by atoms with Gasteiger partial charge in [0.25, 0.3) is 0 Å². The fourth-order valence-electron chi connectivity index (χ4n) is 0.377. The smallest absolute Gasteiger partial charge is 0.193 e. The van der Waals surface area contributed by atoms with E-state index in [2.05, 4.69) is 4.99 Å². The highest BCUT2D eigenvalue weighted by Crippen LogP contribution is 2.05. The van der Waals surface area contributed by atoms with E-state index in [1.54, 1.807) is 0 Å². The van der Waals surface area contributed by atoms with E-state index in [0.717, 1.165) is 11.8 Å². The summed E-state index contributed by atoms with van der Waals surface area (Å²) in [5, 5.41) is 24.3. The maximum Gasteiger partial charge on any atom is 0.193 e. The third-order valence-corrected chi connectivity index (χ3v) is 1.77. The van der Waals surface area contributed by atoms with Crippen molar-refractivity contribution in [1.82, 2.24) is 0 Å². The van der Waals surface area contributed by atoms with Gasteiger partial charge in [-0.3, -0.25) is 5.41 Å². The standard InChI is InChI=1S/C5H12N4O2S/c6-4(7)9-5(8)12-2-3(11)1-10/h3,10-11H,1-2H2,(H5,6,7,8,9). The van der Waals surface area contributed by atoms with E-state index in [-0.39, 0.29) is 23.5 Å². The first-order valence-electron chi connectivity index (χ1n) is 3.16. The van der Waals surface area contributed by atoms with Gasteiger partial charge in [0.15, 0.2) is 11.1 Å². The predicted octanol–water partition coefficient (Wildman–Crippen LogP) is -1.72. The van der Waals surface area contributed by atoms with E-state index < -0.39 is 6.10 Å². The van der Waals surface area contributed by atoms with Crippen LogP contribution in [-0.4, -0.2) is 39.8 Å². The van der Waals surface area contributed by atoms with Crippen molar-refractivity contribution in [2.24, 2.45) is 16.5 Å². The lowest BCUT2D eigenvalue weighted by Crippen LogP contribution is -2.24. The molecule has 0 saturated carbocycles. The number of nitrogens with zero attached hydrogens (tertiary/aromatic N) is 1. The zero-order chi connectivity index (χ0) is 9.56. The van der Waals surface area contributed by atoms with Crippen molar-refractivity contribution in [1.29, 1.82) is 5.41 Å². The van der Waals surface area contributed by atoms with Crippen LogP contribution < -0.4 is 11.5 Å². The molecule has 0 aromatic carbocycles. The molecule has 0 saturated heterocycles. The topological polar surface area (TPSA) is 129 Å². The van der Waals surface area contributed by atoms with Gasteiger partial charge in [-0.05, 0) is 0 Å². The van der Waals surface area contributed by atoms with Crippen LogP contribution in [0.25, 0.3) is 0 Å². The number of nitrogens with two attached hydrogens (primary N) is 2. The van der Waals surface area contributed by atoms with Crippen LogP contribution in [0, 0.1) is 5.41 Å². The molecule has 0 aliphatic heterocycles. The summed E-state index contributed by atoms with van der Waals surface area (Å²) in [5.74, 6) is 0.0116. The van der Waals surface area contributed by atoms with Crippen LogP contribution in [0.5, 0.6) is 0 Å². The summed E-state index contributed by atoms with van der Waals surface area (Å²) in [5.41, 5.74) is 9.99. The highest BCUT2D eigenvalue weighted by molar-refractivity contribution is 8.13. The number of hydrogen-bond donors (Lipinski definition) is 5. The summed E-state index contributed by atoms with van der Waals surface area (Å²) >= 11 is 0.963. The minimum absolute atomic E-state index is 0.0810. The summed E-state index contributed by atoms with van der Waals surface area (Å²) in [7, 11) is 0. The van der Waals surface area contributed by atoms with Gasteiger partial charge in [0.05, 0.1) is 12.7 Å². The number of amidine groups is 1. The lowest BCUT2D eigenvalue weighted by Gasteiger charge is -2.04. The monoisotopic (exact) mass is 192 g/mol. The minimum atomic E-state index is -0.843. The first kappa shape index (κ1) is 11.2. The predicted molar refractivity (Wildman–Crippen MR) is 49.1 cm³/mol. The van der Waals surface area contributed by atoms with Crippen molar-refractivity contribution < 1.29 is 10.2 Å². The number of aliphatic hydroxyl groups excluding tert-OH is 2. The highest BCUT2D eigenvalue weighted by atomic mass is 32.2. The van der Waals surface area contributed by atoms with Crippen molar-refractivity contribution >= 4 is 22.9 Å². The first-order chi connectivity index (χ1) is 5.56. The van der Waals surface area contributed by atoms with Crippen molar-refractivity contribution in [3.8, 4) is 0 Å². The third-order valence-electron chi connectivity index (χ3n) is 0.854. The summed E-state index contributed by atoms with van der Waals surface area (Å²) in [6.45, 7) is -0.331. The maximum atomic E-state index is 8.86. The molecule has 0 rings (SSSR count). The molecular formula is C5H12N4O2S. The largest absolute Gasteiger partial charge is 0.394 e. The quantitative estimate of drug-likeness (QED) is 0.268. The Kier molecular flexibility index (Phi) is 5.43. The Morgan fingerprint density at radius 1 is 1.58 bits per heavy atom. The summed E-state index contributed by atoms with van der Waals surface area (Å²) in [6, 6.07) is 0. The molecular weight excluding hydrogens is 180 g/mol. The fourth-order valence-corrected chi connectivity index (χ4v) is 1.00. The zero-order valence-corrected chi connectivity index (χ0v) is 7.21. The Morgan fingerprint density at radius 3 is 2.58 bits per heavy atom. The second-order valence-electron chi connectivity index (χ2n) is 1.99. The molecule has 0 heterocycles. The Hall–Kier alpha value is -0.790. The molecule has 0 aromatic rings. The molecule has 6 nitrogen and oxygen atoms in total. The molecule has 12 heavy (non-hydrogen) atoms. The summed E-state index contributed by atoms with van der Waals surface area (Å²) in [4.78, 5) is 3.41. The van der Waals surface area contributed by atoms with Gasteiger partial charge in [-0.1, -0.05) is 11.8 Å². The molecule has 0 amide bonds. The Morgan fingerprint density at radius 2 is 2.17 bits per heavy atom. The Balaban J connectivity index is 3.65. The molecule has 0 bridgehead atoms. The zero-order valence-electron chi connectivity index (χ0n) is 6.40. The molecule has 0 aromatic heterocycles. The van der Waals surface area contributed by atoms with Gasteiger partial charge in [-0.15, -0.1) is 0 Å². The molecule has 0 aliphatic rings. The Bertz CT molecular complexity index is 180. The number of hydrogen-bond acceptors (Lipinski definition) is 4. The second kappa shape index (κ2) is 5.81. The van der Waals surface area contributed by atoms with Crippen LogP contribution >= 0.6 is 11.8 Å². The number of guanidine groups is 1. The molecule has 0 aliphatic carbocycles. The van der Waals surface area contributed by atoms with Gasteiger partial charge in [0, 0.05) is 5.75 Å². The Labute approximate surface area is 74.2 Å². The lowest BCUT2D eigenvalue weighted by molar-refractivity contribution is 0.114. The third kappa shape index (κ3) is 5.96. The first-order valence-corrected chi connectivity index (χ1v) is 4.14. The molecule has 1 atom stereocenters. The van der Waals surface area contributed by atoms with Crippen molar-refractivity contribution in [3.63, 3.8) is 0 Å². The summed E-state index contributed by atoms with van der Waals surface area (Å²) < 4.78 is 0. The molecule has 0 spiro atoms.